The van der Waals surface area contributed by atoms with E-state index in [9.17, 15) is 0 Å². The van der Waals surface area contributed by atoms with Gasteiger partial charge in [-0.3, -0.25) is 0 Å². The molecule has 0 spiro atoms. The average molecular weight is 269 g/mol. The van der Waals surface area contributed by atoms with E-state index in [-0.39, 0.29) is 0 Å². The molecule has 0 aromatic carbocycles. The van der Waals surface area contributed by atoms with Crippen molar-refractivity contribution in [3.8, 4) is 0 Å². The lowest BCUT2D eigenvalue weighted by molar-refractivity contribution is 0.282. The van der Waals surface area contributed by atoms with Crippen LogP contribution in [0.1, 0.15) is 64.1 Å². The summed E-state index contributed by atoms with van der Waals surface area (Å²) in [5.74, 6) is 2.21. The highest BCUT2D eigenvalue weighted by Crippen LogP contribution is 2.31. The van der Waals surface area contributed by atoms with Crippen LogP contribution in [0.25, 0.3) is 0 Å². The number of nitrogens with two attached hydrogens (primary N) is 1. The van der Waals surface area contributed by atoms with Crippen molar-refractivity contribution in [2.45, 2.75) is 68.9 Å². The fourth-order valence-corrected chi connectivity index (χ4v) is 3.59. The van der Waals surface area contributed by atoms with Crippen molar-refractivity contribution in [3.05, 3.63) is 11.7 Å². The molecule has 0 saturated heterocycles. The number of aromatic nitrogens is 2. The van der Waals surface area contributed by atoms with Crippen LogP contribution in [-0.4, -0.2) is 15.4 Å². The van der Waals surface area contributed by atoms with Gasteiger partial charge in [0.15, 0.2) is 5.82 Å². The molecule has 5 heteroatoms. The van der Waals surface area contributed by atoms with Crippen molar-refractivity contribution in [1.29, 1.82) is 0 Å². The van der Waals surface area contributed by atoms with Crippen LogP contribution in [0.15, 0.2) is 4.52 Å². The molecule has 1 aliphatic rings. The van der Waals surface area contributed by atoms with E-state index in [1.165, 1.54) is 25.7 Å². The van der Waals surface area contributed by atoms with Crippen molar-refractivity contribution in [3.63, 3.8) is 0 Å². The van der Waals surface area contributed by atoms with E-state index in [2.05, 4.69) is 17.1 Å². The number of thioether (sulfide) groups is 1. The van der Waals surface area contributed by atoms with Crippen LogP contribution >= 0.6 is 11.8 Å². The Morgan fingerprint density at radius 1 is 1.44 bits per heavy atom. The summed E-state index contributed by atoms with van der Waals surface area (Å²) in [6.45, 7) is 4.07. The highest BCUT2D eigenvalue weighted by molar-refractivity contribution is 7.99. The molecule has 0 bridgehead atoms. The first-order chi connectivity index (χ1) is 8.62. The first kappa shape index (κ1) is 13.9. The molecule has 1 atom stereocenters. The molecule has 2 N–H and O–H groups in total. The highest BCUT2D eigenvalue weighted by atomic mass is 32.2. The summed E-state index contributed by atoms with van der Waals surface area (Å²) in [5.41, 5.74) is 5.69. The second kappa shape index (κ2) is 6.06. The molecule has 1 unspecified atom stereocenters. The van der Waals surface area contributed by atoms with Gasteiger partial charge in [-0.15, -0.1) is 0 Å². The molecule has 0 aliphatic heterocycles. The second-order valence-corrected chi connectivity index (χ2v) is 6.69. The molecule has 1 saturated carbocycles. The number of hydrogen-bond donors (Lipinski definition) is 1. The Morgan fingerprint density at radius 2 is 2.17 bits per heavy atom. The Kier molecular flexibility index (Phi) is 4.67. The van der Waals surface area contributed by atoms with Crippen LogP contribution in [-0.2, 0) is 11.3 Å². The van der Waals surface area contributed by atoms with Gasteiger partial charge in [0.2, 0.25) is 5.89 Å². The van der Waals surface area contributed by atoms with E-state index < -0.39 is 5.54 Å². The van der Waals surface area contributed by atoms with Crippen molar-refractivity contribution in [2.75, 3.05) is 0 Å². The van der Waals surface area contributed by atoms with Gasteiger partial charge in [0.25, 0.3) is 0 Å². The maximum absolute atomic E-state index is 6.18. The summed E-state index contributed by atoms with van der Waals surface area (Å²) in [7, 11) is 0. The van der Waals surface area contributed by atoms with Crippen LogP contribution in [0.3, 0.4) is 0 Å². The van der Waals surface area contributed by atoms with Gasteiger partial charge in [-0.05, 0) is 26.2 Å². The van der Waals surface area contributed by atoms with Gasteiger partial charge in [-0.25, -0.2) is 0 Å². The Bertz CT molecular complexity index is 372. The Hall–Kier alpha value is -0.550. The number of hydrogen-bond acceptors (Lipinski definition) is 5. The summed E-state index contributed by atoms with van der Waals surface area (Å²) in [6, 6.07) is 0. The third-order valence-electron chi connectivity index (χ3n) is 3.48. The van der Waals surface area contributed by atoms with E-state index in [1.807, 2.05) is 18.7 Å². The SMILES string of the molecule is CCCC(C)(N)c1nc(CSC2CCCC2)no1. The van der Waals surface area contributed by atoms with Crippen molar-refractivity contribution in [2.24, 2.45) is 5.73 Å². The van der Waals surface area contributed by atoms with Gasteiger partial charge < -0.3 is 10.3 Å². The maximum Gasteiger partial charge on any atom is 0.246 e. The van der Waals surface area contributed by atoms with E-state index >= 15 is 0 Å². The molecule has 0 amide bonds. The van der Waals surface area contributed by atoms with E-state index in [1.54, 1.807) is 0 Å². The average Bonchev–Trinajstić information content (AvgIpc) is 2.98. The van der Waals surface area contributed by atoms with Crippen molar-refractivity contribution >= 4 is 11.8 Å². The summed E-state index contributed by atoms with van der Waals surface area (Å²) >= 11 is 1.95. The third-order valence-corrected chi connectivity index (χ3v) is 4.84. The smallest absolute Gasteiger partial charge is 0.246 e. The van der Waals surface area contributed by atoms with Crippen LogP contribution in [0.5, 0.6) is 0 Å². The monoisotopic (exact) mass is 269 g/mol. The first-order valence-corrected chi connectivity index (χ1v) is 7.90. The Balaban J connectivity index is 1.89. The van der Waals surface area contributed by atoms with E-state index in [4.69, 9.17) is 10.3 Å². The lowest BCUT2D eigenvalue weighted by Gasteiger charge is -2.18. The van der Waals surface area contributed by atoms with Gasteiger partial charge in [0.05, 0.1) is 11.3 Å². The number of rotatable bonds is 6. The molecule has 0 radical (unpaired) electrons. The third kappa shape index (κ3) is 3.48. The standard InChI is InChI=1S/C13H23N3OS/c1-3-8-13(2,14)12-15-11(16-17-12)9-18-10-6-4-5-7-10/h10H,3-9,14H2,1-2H3. The molecule has 4 nitrogen and oxygen atoms in total. The normalized spacial score (nSPS) is 20.2. The van der Waals surface area contributed by atoms with Crippen LogP contribution in [0.2, 0.25) is 0 Å². The van der Waals surface area contributed by atoms with Gasteiger partial charge in [-0.1, -0.05) is 31.3 Å². The first-order valence-electron chi connectivity index (χ1n) is 6.85. The van der Waals surface area contributed by atoms with Crippen LogP contribution < -0.4 is 5.73 Å². The minimum Gasteiger partial charge on any atom is -0.337 e. The molecule has 1 aromatic rings. The Morgan fingerprint density at radius 3 is 2.83 bits per heavy atom. The summed E-state index contributed by atoms with van der Waals surface area (Å²) < 4.78 is 5.30. The maximum atomic E-state index is 6.18. The predicted molar refractivity (Wildman–Crippen MR) is 74.3 cm³/mol. The molecule has 1 aliphatic carbocycles. The fourth-order valence-electron chi connectivity index (χ4n) is 2.42. The van der Waals surface area contributed by atoms with E-state index in [0.717, 1.165) is 29.7 Å². The van der Waals surface area contributed by atoms with Gasteiger partial charge >= 0.3 is 0 Å². The minimum atomic E-state index is -0.488. The summed E-state index contributed by atoms with van der Waals surface area (Å²) in [5, 5.41) is 4.82. The van der Waals surface area contributed by atoms with Gasteiger partial charge in [0, 0.05) is 5.25 Å². The van der Waals surface area contributed by atoms with Crippen molar-refractivity contribution in [1.82, 2.24) is 10.1 Å². The second-order valence-electron chi connectivity index (χ2n) is 5.40. The zero-order chi connectivity index (χ0) is 13.0. The molecular formula is C13H23N3OS. The lowest BCUT2D eigenvalue weighted by atomic mass is 9.98. The molecular weight excluding hydrogens is 246 g/mol. The quantitative estimate of drug-likeness (QED) is 0.859. The fraction of sp³-hybridized carbons (Fsp3) is 0.846. The minimum absolute atomic E-state index is 0.488. The van der Waals surface area contributed by atoms with Crippen molar-refractivity contribution < 1.29 is 4.52 Å². The van der Waals surface area contributed by atoms with E-state index in [0.29, 0.717) is 5.89 Å². The molecule has 102 valence electrons. The van der Waals surface area contributed by atoms with Crippen LogP contribution in [0, 0.1) is 0 Å². The predicted octanol–water partition coefficient (Wildman–Crippen LogP) is 3.22. The largest absolute Gasteiger partial charge is 0.337 e. The zero-order valence-corrected chi connectivity index (χ0v) is 12.1. The Labute approximate surface area is 113 Å². The molecule has 18 heavy (non-hydrogen) atoms. The molecule has 2 rings (SSSR count). The van der Waals surface area contributed by atoms with Crippen LogP contribution in [0.4, 0.5) is 0 Å². The number of nitrogens with zero attached hydrogens (tertiary/aromatic N) is 2. The molecule has 1 heterocycles. The molecule has 1 fully saturated rings. The summed E-state index contributed by atoms with van der Waals surface area (Å²) in [6.07, 6.45) is 7.28. The molecule has 1 aromatic heterocycles. The van der Waals surface area contributed by atoms with Gasteiger partial charge in [0.1, 0.15) is 0 Å². The highest BCUT2D eigenvalue weighted by Gasteiger charge is 2.27. The van der Waals surface area contributed by atoms with Gasteiger partial charge in [-0.2, -0.15) is 16.7 Å². The zero-order valence-electron chi connectivity index (χ0n) is 11.3. The summed E-state index contributed by atoms with van der Waals surface area (Å²) in [4.78, 5) is 4.44. The topological polar surface area (TPSA) is 64.9 Å². The lowest BCUT2D eigenvalue weighted by Crippen LogP contribution is -2.33.